The van der Waals surface area contributed by atoms with Gasteiger partial charge in [0, 0.05) is 19.5 Å². The fourth-order valence-corrected chi connectivity index (χ4v) is 4.78. The maximum atomic E-state index is 12.9. The summed E-state index contributed by atoms with van der Waals surface area (Å²) in [6.07, 6.45) is 2.83. The quantitative estimate of drug-likeness (QED) is 0.560. The fourth-order valence-electron chi connectivity index (χ4n) is 4.78. The monoisotopic (exact) mass is 447 g/mol. The highest BCUT2D eigenvalue weighted by Crippen LogP contribution is 2.31. The van der Waals surface area contributed by atoms with E-state index in [-0.39, 0.29) is 30.2 Å². The van der Waals surface area contributed by atoms with Gasteiger partial charge >= 0.3 is 18.0 Å². The van der Waals surface area contributed by atoms with E-state index >= 15 is 0 Å². The third kappa shape index (κ3) is 6.35. The van der Waals surface area contributed by atoms with Gasteiger partial charge in [0.25, 0.3) is 0 Å². The minimum absolute atomic E-state index is 0.0272. The number of carbonyl (C=O) groups is 3. The maximum absolute atomic E-state index is 12.9. The average Bonchev–Trinajstić information content (AvgIpc) is 2.78. The zero-order valence-electron chi connectivity index (χ0n) is 18.5. The molecule has 0 saturated carbocycles. The number of ether oxygens (including phenoxy) is 1. The van der Waals surface area contributed by atoms with Crippen LogP contribution in [0, 0.1) is 17.8 Å². The number of hydrogen-bond donors (Lipinski definition) is 3. The Morgan fingerprint density at radius 1 is 1.06 bits per heavy atom. The summed E-state index contributed by atoms with van der Waals surface area (Å²) in [5.41, 5.74) is 0.602. The lowest BCUT2D eigenvalue weighted by Gasteiger charge is -2.39. The van der Waals surface area contributed by atoms with E-state index in [0.29, 0.717) is 43.8 Å². The molecule has 2 heterocycles. The first kappa shape index (κ1) is 23.8. The number of anilines is 1. The van der Waals surface area contributed by atoms with Gasteiger partial charge in [0.2, 0.25) is 0 Å². The van der Waals surface area contributed by atoms with Crippen LogP contribution in [0.15, 0.2) is 24.3 Å². The summed E-state index contributed by atoms with van der Waals surface area (Å²) in [6.45, 7) is 3.29. The lowest BCUT2D eigenvalue weighted by Crippen LogP contribution is -2.47. The van der Waals surface area contributed by atoms with E-state index in [0.717, 1.165) is 26.1 Å². The summed E-state index contributed by atoms with van der Waals surface area (Å²) >= 11 is 0. The summed E-state index contributed by atoms with van der Waals surface area (Å²) in [6, 6.07) is 7.02. The number of aliphatic carboxylic acids is 2. The predicted octanol–water partition coefficient (Wildman–Crippen LogP) is 2.83. The number of piperidine rings is 2. The molecule has 2 aliphatic heterocycles. The average molecular weight is 448 g/mol. The number of nitrogens with one attached hydrogen (secondary N) is 1. The third-order valence-electron chi connectivity index (χ3n) is 6.72. The second kappa shape index (κ2) is 11.2. The first-order valence-corrected chi connectivity index (χ1v) is 11.2. The number of methoxy groups -OCH3 is 1. The van der Waals surface area contributed by atoms with Gasteiger partial charge in [-0.15, -0.1) is 0 Å². The fraction of sp³-hybridized carbons (Fsp3) is 0.609. The van der Waals surface area contributed by atoms with Gasteiger partial charge in [0.15, 0.2) is 0 Å². The molecule has 2 aliphatic rings. The van der Waals surface area contributed by atoms with Crippen molar-refractivity contribution in [1.29, 1.82) is 0 Å². The number of rotatable bonds is 8. The molecule has 2 amide bonds. The van der Waals surface area contributed by atoms with Crippen LogP contribution in [0.3, 0.4) is 0 Å². The number of para-hydroxylation sites is 2. The van der Waals surface area contributed by atoms with Crippen LogP contribution in [0.4, 0.5) is 10.5 Å². The molecule has 3 N–H and O–H groups in total. The Morgan fingerprint density at radius 3 is 2.44 bits per heavy atom. The molecule has 9 heteroatoms. The standard InChI is InChI=1S/C23H33N3O6/c1-32-20-5-3-2-4-19(20)24-23(31)26-13-9-17(14-21(27)28)18(15-26)8-12-25-10-6-16(7-11-25)22(29)30/h2-5,16-18H,6-15H2,1H3,(H,24,31)(H,27,28)(H,29,30)/t17-,18-/m0/s1. The number of carbonyl (C=O) groups excluding carboxylic acids is 1. The van der Waals surface area contributed by atoms with Crippen LogP contribution in [0.2, 0.25) is 0 Å². The first-order chi connectivity index (χ1) is 15.4. The van der Waals surface area contributed by atoms with E-state index in [4.69, 9.17) is 4.74 Å². The van der Waals surface area contributed by atoms with Crippen molar-refractivity contribution in [2.45, 2.75) is 32.1 Å². The number of amides is 2. The van der Waals surface area contributed by atoms with Crippen molar-refractivity contribution in [3.63, 3.8) is 0 Å². The molecule has 32 heavy (non-hydrogen) atoms. The summed E-state index contributed by atoms with van der Waals surface area (Å²) in [5.74, 6) is -1.11. The van der Waals surface area contributed by atoms with E-state index in [1.807, 2.05) is 12.1 Å². The van der Waals surface area contributed by atoms with Crippen molar-refractivity contribution < 1.29 is 29.3 Å². The second-order valence-corrected chi connectivity index (χ2v) is 8.73. The summed E-state index contributed by atoms with van der Waals surface area (Å²) in [7, 11) is 1.55. The van der Waals surface area contributed by atoms with Gasteiger partial charge in [-0.1, -0.05) is 12.1 Å². The molecular formula is C23H33N3O6. The summed E-state index contributed by atoms with van der Waals surface area (Å²) in [5, 5.41) is 21.4. The van der Waals surface area contributed by atoms with Crippen molar-refractivity contribution in [2.75, 3.05) is 45.2 Å². The normalized spacial score (nSPS) is 22.3. The molecule has 2 fully saturated rings. The molecule has 2 atom stereocenters. The SMILES string of the molecule is COc1ccccc1NC(=O)N1CC[C@@H](CC(=O)O)[C@@H](CCN2CCC(C(=O)O)CC2)C1. The molecule has 0 spiro atoms. The van der Waals surface area contributed by atoms with Crippen LogP contribution in [0.25, 0.3) is 0 Å². The Bertz CT molecular complexity index is 809. The van der Waals surface area contributed by atoms with Gasteiger partial charge in [-0.25, -0.2) is 4.79 Å². The van der Waals surface area contributed by atoms with Crippen LogP contribution in [-0.2, 0) is 9.59 Å². The van der Waals surface area contributed by atoms with E-state index in [2.05, 4.69) is 10.2 Å². The molecule has 1 aromatic rings. The second-order valence-electron chi connectivity index (χ2n) is 8.73. The predicted molar refractivity (Wildman–Crippen MR) is 119 cm³/mol. The molecular weight excluding hydrogens is 414 g/mol. The molecule has 3 rings (SSSR count). The molecule has 176 valence electrons. The number of benzene rings is 1. The Hall–Kier alpha value is -2.81. The molecule has 9 nitrogen and oxygen atoms in total. The van der Waals surface area contributed by atoms with E-state index in [1.165, 1.54) is 0 Å². The van der Waals surface area contributed by atoms with Crippen LogP contribution in [0.1, 0.15) is 32.1 Å². The molecule has 0 unspecified atom stereocenters. The number of hydrogen-bond acceptors (Lipinski definition) is 5. The van der Waals surface area contributed by atoms with Crippen LogP contribution in [0.5, 0.6) is 5.75 Å². The largest absolute Gasteiger partial charge is 0.495 e. The molecule has 0 aliphatic carbocycles. The zero-order valence-corrected chi connectivity index (χ0v) is 18.5. The molecule has 1 aromatic carbocycles. The van der Waals surface area contributed by atoms with Crippen LogP contribution < -0.4 is 10.1 Å². The van der Waals surface area contributed by atoms with Gasteiger partial charge in [0.1, 0.15) is 5.75 Å². The number of likely N-dealkylation sites (tertiary alicyclic amines) is 2. The molecule has 0 bridgehead atoms. The number of carboxylic acids is 2. The van der Waals surface area contributed by atoms with Crippen LogP contribution >= 0.6 is 0 Å². The molecule has 0 radical (unpaired) electrons. The molecule has 0 aromatic heterocycles. The third-order valence-corrected chi connectivity index (χ3v) is 6.72. The Kier molecular flexibility index (Phi) is 8.33. The van der Waals surface area contributed by atoms with Crippen molar-refractivity contribution in [1.82, 2.24) is 9.80 Å². The number of nitrogens with zero attached hydrogens (tertiary/aromatic N) is 2. The van der Waals surface area contributed by atoms with E-state index in [9.17, 15) is 24.6 Å². The van der Waals surface area contributed by atoms with Crippen molar-refractivity contribution in [3.05, 3.63) is 24.3 Å². The van der Waals surface area contributed by atoms with Crippen molar-refractivity contribution >= 4 is 23.7 Å². The summed E-state index contributed by atoms with van der Waals surface area (Å²) in [4.78, 5) is 39.4. The lowest BCUT2D eigenvalue weighted by atomic mass is 9.81. The topological polar surface area (TPSA) is 119 Å². The summed E-state index contributed by atoms with van der Waals surface area (Å²) < 4.78 is 5.30. The maximum Gasteiger partial charge on any atom is 0.321 e. The van der Waals surface area contributed by atoms with Gasteiger partial charge in [-0.2, -0.15) is 0 Å². The van der Waals surface area contributed by atoms with Crippen LogP contribution in [-0.4, -0.2) is 77.8 Å². The van der Waals surface area contributed by atoms with Gasteiger partial charge in [-0.3, -0.25) is 9.59 Å². The lowest BCUT2D eigenvalue weighted by molar-refractivity contribution is -0.143. The van der Waals surface area contributed by atoms with Gasteiger partial charge in [-0.05, 0) is 69.3 Å². The van der Waals surface area contributed by atoms with E-state index in [1.54, 1.807) is 24.1 Å². The highest BCUT2D eigenvalue weighted by Gasteiger charge is 2.33. The minimum Gasteiger partial charge on any atom is -0.495 e. The molecule has 2 saturated heterocycles. The van der Waals surface area contributed by atoms with Crippen molar-refractivity contribution in [3.8, 4) is 5.75 Å². The van der Waals surface area contributed by atoms with E-state index < -0.39 is 11.9 Å². The smallest absolute Gasteiger partial charge is 0.321 e. The van der Waals surface area contributed by atoms with Gasteiger partial charge < -0.3 is 30.1 Å². The Balaban J connectivity index is 1.58. The Labute approximate surface area is 188 Å². The number of urea groups is 1. The Morgan fingerprint density at radius 2 is 1.78 bits per heavy atom. The zero-order chi connectivity index (χ0) is 23.1. The highest BCUT2D eigenvalue weighted by atomic mass is 16.5. The van der Waals surface area contributed by atoms with Gasteiger partial charge in [0.05, 0.1) is 18.7 Å². The highest BCUT2D eigenvalue weighted by molar-refractivity contribution is 5.91. The number of carboxylic acid groups (broad SMARTS) is 2. The first-order valence-electron chi connectivity index (χ1n) is 11.2. The van der Waals surface area contributed by atoms with Crippen molar-refractivity contribution in [2.24, 2.45) is 17.8 Å². The minimum atomic E-state index is -0.811.